The van der Waals surface area contributed by atoms with Gasteiger partial charge in [-0.25, -0.2) is 0 Å². The summed E-state index contributed by atoms with van der Waals surface area (Å²) in [5.74, 6) is 0. The lowest BCUT2D eigenvalue weighted by atomic mass is 10.1. The molecular formula is C17H24O. The Morgan fingerprint density at radius 1 is 1.06 bits per heavy atom. The van der Waals surface area contributed by atoms with E-state index in [-0.39, 0.29) is 0 Å². The average molecular weight is 244 g/mol. The Morgan fingerprint density at radius 3 is 2.44 bits per heavy atom. The monoisotopic (exact) mass is 244 g/mol. The van der Waals surface area contributed by atoms with Crippen LogP contribution >= 0.6 is 0 Å². The van der Waals surface area contributed by atoms with Crippen LogP contribution in [-0.2, 0) is 11.3 Å². The Hall–Kier alpha value is -1.34. The summed E-state index contributed by atoms with van der Waals surface area (Å²) in [4.78, 5) is 0. The summed E-state index contributed by atoms with van der Waals surface area (Å²) in [5, 5.41) is 0. The highest BCUT2D eigenvalue weighted by Gasteiger charge is 1.91. The smallest absolute Gasteiger partial charge is 0.0721 e. The summed E-state index contributed by atoms with van der Waals surface area (Å²) in [6.45, 7) is 7.85. The summed E-state index contributed by atoms with van der Waals surface area (Å²) in [6.07, 6.45) is 6.72. The maximum Gasteiger partial charge on any atom is 0.0721 e. The summed E-state index contributed by atoms with van der Waals surface area (Å²) < 4.78 is 5.63. The summed E-state index contributed by atoms with van der Waals surface area (Å²) in [6, 6.07) is 10.3. The van der Waals surface area contributed by atoms with Crippen LogP contribution < -0.4 is 0 Å². The van der Waals surface area contributed by atoms with Gasteiger partial charge in [0.15, 0.2) is 0 Å². The number of hydrogen-bond acceptors (Lipinski definition) is 1. The third-order valence-electron chi connectivity index (χ3n) is 2.75. The third-order valence-corrected chi connectivity index (χ3v) is 2.75. The van der Waals surface area contributed by atoms with Crippen LogP contribution in [0.4, 0.5) is 0 Å². The van der Waals surface area contributed by atoms with E-state index in [0.29, 0.717) is 13.2 Å². The SMILES string of the molecule is CC(C)=CCC/C(C)=C\COCc1ccccc1. The second kappa shape index (κ2) is 8.71. The fourth-order valence-electron chi connectivity index (χ4n) is 1.64. The molecule has 0 spiro atoms. The molecule has 1 heteroatoms. The normalized spacial score (nSPS) is 11.4. The van der Waals surface area contributed by atoms with Crippen molar-refractivity contribution in [3.8, 4) is 0 Å². The van der Waals surface area contributed by atoms with E-state index in [9.17, 15) is 0 Å². The molecule has 18 heavy (non-hydrogen) atoms. The van der Waals surface area contributed by atoms with E-state index in [1.54, 1.807) is 0 Å². The third kappa shape index (κ3) is 7.08. The van der Waals surface area contributed by atoms with Gasteiger partial charge in [-0.05, 0) is 39.2 Å². The van der Waals surface area contributed by atoms with E-state index in [2.05, 4.69) is 45.1 Å². The molecule has 1 rings (SSSR count). The minimum atomic E-state index is 0.693. The second-order valence-electron chi connectivity index (χ2n) is 4.87. The van der Waals surface area contributed by atoms with Crippen molar-refractivity contribution in [1.29, 1.82) is 0 Å². The van der Waals surface area contributed by atoms with Gasteiger partial charge in [-0.2, -0.15) is 0 Å². The molecule has 1 aromatic rings. The van der Waals surface area contributed by atoms with Crippen LogP contribution in [0.2, 0.25) is 0 Å². The Balaban J connectivity index is 2.18. The van der Waals surface area contributed by atoms with E-state index in [0.717, 1.165) is 12.8 Å². The molecule has 98 valence electrons. The molecule has 0 aromatic heterocycles. The van der Waals surface area contributed by atoms with Crippen molar-refractivity contribution in [2.45, 2.75) is 40.2 Å². The van der Waals surface area contributed by atoms with Crippen LogP contribution in [0.15, 0.2) is 53.6 Å². The fraction of sp³-hybridized carbons (Fsp3) is 0.412. The molecule has 0 aliphatic rings. The lowest BCUT2D eigenvalue weighted by Crippen LogP contribution is -1.93. The maximum atomic E-state index is 5.63. The van der Waals surface area contributed by atoms with E-state index < -0.39 is 0 Å². The van der Waals surface area contributed by atoms with Gasteiger partial charge >= 0.3 is 0 Å². The van der Waals surface area contributed by atoms with Crippen LogP contribution in [0.1, 0.15) is 39.2 Å². The van der Waals surface area contributed by atoms with Gasteiger partial charge in [0.2, 0.25) is 0 Å². The molecule has 0 N–H and O–H groups in total. The van der Waals surface area contributed by atoms with E-state index >= 15 is 0 Å². The van der Waals surface area contributed by atoms with E-state index in [4.69, 9.17) is 4.74 Å². The molecule has 0 aliphatic heterocycles. The first-order valence-electron chi connectivity index (χ1n) is 6.59. The topological polar surface area (TPSA) is 9.23 Å². The Kier molecular flexibility index (Phi) is 7.12. The van der Waals surface area contributed by atoms with Crippen molar-refractivity contribution in [1.82, 2.24) is 0 Å². The Labute approximate surface area is 111 Å². The largest absolute Gasteiger partial charge is 0.373 e. The van der Waals surface area contributed by atoms with Gasteiger partial charge in [0, 0.05) is 0 Å². The van der Waals surface area contributed by atoms with Crippen LogP contribution in [0.3, 0.4) is 0 Å². The van der Waals surface area contributed by atoms with Crippen LogP contribution in [-0.4, -0.2) is 6.61 Å². The maximum absolute atomic E-state index is 5.63. The number of allylic oxidation sites excluding steroid dienone is 3. The highest BCUT2D eigenvalue weighted by Crippen LogP contribution is 2.07. The predicted molar refractivity (Wildman–Crippen MR) is 78.5 cm³/mol. The van der Waals surface area contributed by atoms with Crippen LogP contribution in [0.5, 0.6) is 0 Å². The van der Waals surface area contributed by atoms with E-state index in [1.165, 1.54) is 16.7 Å². The van der Waals surface area contributed by atoms with Gasteiger partial charge in [-0.3, -0.25) is 0 Å². The number of hydrogen-bond donors (Lipinski definition) is 0. The zero-order valence-corrected chi connectivity index (χ0v) is 11.8. The fourth-order valence-corrected chi connectivity index (χ4v) is 1.64. The summed E-state index contributed by atoms with van der Waals surface area (Å²) in [7, 11) is 0. The number of benzene rings is 1. The molecule has 0 aliphatic carbocycles. The molecular weight excluding hydrogens is 220 g/mol. The van der Waals surface area contributed by atoms with Crippen molar-refractivity contribution in [3.05, 3.63) is 59.2 Å². The van der Waals surface area contributed by atoms with Crippen LogP contribution in [0.25, 0.3) is 0 Å². The van der Waals surface area contributed by atoms with Gasteiger partial charge in [-0.15, -0.1) is 0 Å². The average Bonchev–Trinajstić information content (AvgIpc) is 2.35. The molecule has 0 unspecified atom stereocenters. The first-order valence-corrected chi connectivity index (χ1v) is 6.59. The molecule has 0 bridgehead atoms. The van der Waals surface area contributed by atoms with Crippen molar-refractivity contribution in [3.63, 3.8) is 0 Å². The van der Waals surface area contributed by atoms with Gasteiger partial charge in [0.1, 0.15) is 0 Å². The molecule has 1 nitrogen and oxygen atoms in total. The van der Waals surface area contributed by atoms with Crippen molar-refractivity contribution in [2.75, 3.05) is 6.61 Å². The zero-order chi connectivity index (χ0) is 13.2. The quantitative estimate of drug-likeness (QED) is 0.490. The molecule has 0 radical (unpaired) electrons. The van der Waals surface area contributed by atoms with Gasteiger partial charge in [-0.1, -0.05) is 53.6 Å². The summed E-state index contributed by atoms with van der Waals surface area (Å²) >= 11 is 0. The second-order valence-corrected chi connectivity index (χ2v) is 4.87. The molecule has 0 atom stereocenters. The Morgan fingerprint density at radius 2 is 1.78 bits per heavy atom. The number of rotatable bonds is 7. The first kappa shape index (κ1) is 14.7. The minimum absolute atomic E-state index is 0.693. The molecule has 1 aromatic carbocycles. The van der Waals surface area contributed by atoms with Crippen molar-refractivity contribution < 1.29 is 4.74 Å². The molecule has 0 amide bonds. The predicted octanol–water partition coefficient (Wildman–Crippen LogP) is 4.90. The highest BCUT2D eigenvalue weighted by atomic mass is 16.5. The lowest BCUT2D eigenvalue weighted by Gasteiger charge is -2.03. The summed E-state index contributed by atoms with van der Waals surface area (Å²) in [5.41, 5.74) is 4.02. The highest BCUT2D eigenvalue weighted by molar-refractivity contribution is 5.13. The molecule has 0 saturated carbocycles. The van der Waals surface area contributed by atoms with Gasteiger partial charge in [0.05, 0.1) is 13.2 Å². The molecule has 0 saturated heterocycles. The molecule has 0 fully saturated rings. The van der Waals surface area contributed by atoms with Crippen molar-refractivity contribution in [2.24, 2.45) is 0 Å². The van der Waals surface area contributed by atoms with Gasteiger partial charge in [0.25, 0.3) is 0 Å². The van der Waals surface area contributed by atoms with Crippen LogP contribution in [0, 0.1) is 0 Å². The standard InChI is InChI=1S/C17H24O/c1-15(2)8-7-9-16(3)12-13-18-14-17-10-5-4-6-11-17/h4-6,8,10-12H,7,9,13-14H2,1-3H3/b16-12-. The lowest BCUT2D eigenvalue weighted by molar-refractivity contribution is 0.148. The zero-order valence-electron chi connectivity index (χ0n) is 11.8. The Bertz CT molecular complexity index is 383. The van der Waals surface area contributed by atoms with Gasteiger partial charge < -0.3 is 4.74 Å². The first-order chi connectivity index (χ1) is 8.68. The van der Waals surface area contributed by atoms with E-state index in [1.807, 2.05) is 18.2 Å². The number of ether oxygens (including phenoxy) is 1. The minimum Gasteiger partial charge on any atom is -0.373 e. The van der Waals surface area contributed by atoms with Crippen molar-refractivity contribution >= 4 is 0 Å². The molecule has 0 heterocycles.